The number of pyridine rings is 1. The number of hydrogen-bond acceptors (Lipinski definition) is 5. The molecule has 0 spiro atoms. The summed E-state index contributed by atoms with van der Waals surface area (Å²) in [5.74, 6) is -0.0783. The minimum absolute atomic E-state index is 0.319. The first-order valence-corrected chi connectivity index (χ1v) is 6.41. The van der Waals surface area contributed by atoms with Crippen LogP contribution in [0.2, 0.25) is 0 Å². The van der Waals surface area contributed by atoms with Crippen LogP contribution < -0.4 is 5.32 Å². The molecule has 0 radical (unpaired) electrons. The van der Waals surface area contributed by atoms with E-state index in [1.165, 1.54) is 11.3 Å². The maximum absolute atomic E-state index is 11.7. The van der Waals surface area contributed by atoms with Crippen LogP contribution in [0.25, 0.3) is 0 Å². The molecule has 0 saturated carbocycles. The third kappa shape index (κ3) is 1.57. The Morgan fingerprint density at radius 3 is 3.06 bits per heavy atom. The van der Waals surface area contributed by atoms with Crippen LogP contribution in [0.4, 0.5) is 5.82 Å². The topological polar surface area (TPSA) is 75.1 Å². The van der Waals surface area contributed by atoms with E-state index in [1.54, 1.807) is 17.8 Å². The van der Waals surface area contributed by atoms with Crippen molar-refractivity contribution in [3.63, 3.8) is 0 Å². The first-order valence-electron chi connectivity index (χ1n) is 5.53. The quantitative estimate of drug-likeness (QED) is 0.857. The standard InChI is InChI=1S/C12H11N3O2S/c16-11(17)12(10-14-4-5-18-10)6-8-2-1-3-13-9(8)15-7-12/h1-5H,6-7H2,(H,13,15)(H,16,17). The molecule has 0 aliphatic carbocycles. The van der Waals surface area contributed by atoms with E-state index < -0.39 is 11.4 Å². The minimum atomic E-state index is -0.982. The highest BCUT2D eigenvalue weighted by Crippen LogP contribution is 2.36. The minimum Gasteiger partial charge on any atom is -0.480 e. The number of anilines is 1. The Bertz CT molecular complexity index is 585. The number of rotatable bonds is 2. The van der Waals surface area contributed by atoms with Crippen molar-refractivity contribution in [3.8, 4) is 0 Å². The zero-order chi connectivity index (χ0) is 12.6. The van der Waals surface area contributed by atoms with Crippen molar-refractivity contribution < 1.29 is 9.90 Å². The smallest absolute Gasteiger partial charge is 0.318 e. The van der Waals surface area contributed by atoms with Gasteiger partial charge in [-0.05, 0) is 11.6 Å². The predicted molar refractivity (Wildman–Crippen MR) is 67.9 cm³/mol. The summed E-state index contributed by atoms with van der Waals surface area (Å²) in [6, 6.07) is 3.72. The summed E-state index contributed by atoms with van der Waals surface area (Å²) in [5, 5.41) is 15.1. The fourth-order valence-corrected chi connectivity index (χ4v) is 3.05. The fourth-order valence-electron chi connectivity index (χ4n) is 2.22. The SMILES string of the molecule is O=C(O)C1(c2nccs2)CNc2ncccc2C1. The van der Waals surface area contributed by atoms with E-state index in [1.807, 2.05) is 12.1 Å². The normalized spacial score (nSPS) is 22.0. The largest absolute Gasteiger partial charge is 0.480 e. The third-order valence-electron chi connectivity index (χ3n) is 3.19. The molecule has 1 unspecified atom stereocenters. The Labute approximate surface area is 108 Å². The molecule has 0 amide bonds. The second-order valence-corrected chi connectivity index (χ2v) is 5.16. The van der Waals surface area contributed by atoms with E-state index in [2.05, 4.69) is 15.3 Å². The van der Waals surface area contributed by atoms with Crippen molar-refractivity contribution in [3.05, 3.63) is 40.5 Å². The second kappa shape index (κ2) is 4.06. The number of aromatic nitrogens is 2. The Morgan fingerprint density at radius 1 is 1.44 bits per heavy atom. The van der Waals surface area contributed by atoms with Crippen molar-refractivity contribution in [2.45, 2.75) is 11.8 Å². The maximum Gasteiger partial charge on any atom is 0.318 e. The van der Waals surface area contributed by atoms with Gasteiger partial charge in [0.15, 0.2) is 0 Å². The molecule has 0 aromatic carbocycles. The molecule has 2 aromatic heterocycles. The zero-order valence-electron chi connectivity index (χ0n) is 9.46. The van der Waals surface area contributed by atoms with Crippen molar-refractivity contribution in [1.82, 2.24) is 9.97 Å². The Kier molecular flexibility index (Phi) is 2.52. The summed E-state index contributed by atoms with van der Waals surface area (Å²) in [7, 11) is 0. The number of thiazole rings is 1. The van der Waals surface area contributed by atoms with Gasteiger partial charge in [-0.3, -0.25) is 4.79 Å². The van der Waals surface area contributed by atoms with E-state index in [-0.39, 0.29) is 0 Å². The average Bonchev–Trinajstić information content (AvgIpc) is 2.92. The molecular formula is C12H11N3O2S. The lowest BCUT2D eigenvalue weighted by atomic mass is 9.80. The van der Waals surface area contributed by atoms with E-state index in [4.69, 9.17) is 0 Å². The molecule has 3 rings (SSSR count). The van der Waals surface area contributed by atoms with Gasteiger partial charge in [-0.25, -0.2) is 9.97 Å². The number of nitrogens with zero attached hydrogens (tertiary/aromatic N) is 2. The second-order valence-electron chi connectivity index (χ2n) is 4.27. The summed E-state index contributed by atoms with van der Waals surface area (Å²) >= 11 is 1.38. The molecule has 5 nitrogen and oxygen atoms in total. The number of aliphatic carboxylic acids is 1. The molecule has 2 aromatic rings. The van der Waals surface area contributed by atoms with Crippen molar-refractivity contribution in [2.75, 3.05) is 11.9 Å². The lowest BCUT2D eigenvalue weighted by Crippen LogP contribution is -2.47. The summed E-state index contributed by atoms with van der Waals surface area (Å²) in [6.45, 7) is 0.319. The highest BCUT2D eigenvalue weighted by molar-refractivity contribution is 7.09. The van der Waals surface area contributed by atoms with Crippen LogP contribution in [0, 0.1) is 0 Å². The van der Waals surface area contributed by atoms with Crippen LogP contribution in [0.15, 0.2) is 29.9 Å². The number of nitrogens with one attached hydrogen (secondary N) is 1. The van der Waals surface area contributed by atoms with Gasteiger partial charge in [0.2, 0.25) is 0 Å². The molecule has 92 valence electrons. The van der Waals surface area contributed by atoms with Gasteiger partial charge in [0.1, 0.15) is 16.2 Å². The van der Waals surface area contributed by atoms with Crippen LogP contribution >= 0.6 is 11.3 Å². The van der Waals surface area contributed by atoms with Crippen molar-refractivity contribution in [2.24, 2.45) is 0 Å². The number of carbonyl (C=O) groups is 1. The number of fused-ring (bicyclic) bond motifs is 1. The van der Waals surface area contributed by atoms with Crippen molar-refractivity contribution in [1.29, 1.82) is 0 Å². The molecule has 0 bridgehead atoms. The van der Waals surface area contributed by atoms with Crippen LogP contribution in [0.3, 0.4) is 0 Å². The summed E-state index contributed by atoms with van der Waals surface area (Å²) < 4.78 is 0. The molecule has 18 heavy (non-hydrogen) atoms. The fraction of sp³-hybridized carbons (Fsp3) is 0.250. The van der Waals surface area contributed by atoms with Crippen LogP contribution in [0.1, 0.15) is 10.6 Å². The predicted octanol–water partition coefficient (Wildman–Crippen LogP) is 1.53. The Hall–Kier alpha value is -1.95. The molecule has 0 fully saturated rings. The van der Waals surface area contributed by atoms with E-state index in [0.29, 0.717) is 18.0 Å². The van der Waals surface area contributed by atoms with Crippen LogP contribution in [0.5, 0.6) is 0 Å². The number of hydrogen-bond donors (Lipinski definition) is 2. The molecular weight excluding hydrogens is 250 g/mol. The van der Waals surface area contributed by atoms with E-state index in [9.17, 15) is 9.90 Å². The monoisotopic (exact) mass is 261 g/mol. The van der Waals surface area contributed by atoms with Crippen molar-refractivity contribution >= 4 is 23.1 Å². The van der Waals surface area contributed by atoms with E-state index in [0.717, 1.165) is 11.4 Å². The number of carboxylic acids is 1. The lowest BCUT2D eigenvalue weighted by Gasteiger charge is -2.32. The van der Waals surface area contributed by atoms with Gasteiger partial charge in [0.05, 0.1) is 0 Å². The third-order valence-corrected chi connectivity index (χ3v) is 4.17. The lowest BCUT2D eigenvalue weighted by molar-refractivity contribution is -0.143. The summed E-state index contributed by atoms with van der Waals surface area (Å²) in [5.41, 5.74) is -0.0640. The van der Waals surface area contributed by atoms with Gasteiger partial charge in [0.25, 0.3) is 0 Å². The van der Waals surface area contributed by atoms with Gasteiger partial charge in [-0.1, -0.05) is 6.07 Å². The molecule has 1 atom stereocenters. The Balaban J connectivity index is 2.08. The molecule has 1 aliphatic rings. The first kappa shape index (κ1) is 11.2. The maximum atomic E-state index is 11.7. The van der Waals surface area contributed by atoms with Gasteiger partial charge >= 0.3 is 5.97 Å². The van der Waals surface area contributed by atoms with Gasteiger partial charge in [-0.2, -0.15) is 0 Å². The van der Waals surface area contributed by atoms with Gasteiger partial charge in [0, 0.05) is 30.7 Å². The van der Waals surface area contributed by atoms with E-state index >= 15 is 0 Å². The number of carboxylic acid groups (broad SMARTS) is 1. The highest BCUT2D eigenvalue weighted by atomic mass is 32.1. The molecule has 2 N–H and O–H groups in total. The molecule has 0 saturated heterocycles. The van der Waals surface area contributed by atoms with Gasteiger partial charge < -0.3 is 10.4 Å². The summed E-state index contributed by atoms with van der Waals surface area (Å²) in [6.07, 6.45) is 3.76. The molecule has 6 heteroatoms. The van der Waals surface area contributed by atoms with Gasteiger partial charge in [-0.15, -0.1) is 11.3 Å². The molecule has 3 heterocycles. The average molecular weight is 261 g/mol. The Morgan fingerprint density at radius 2 is 2.33 bits per heavy atom. The first-order chi connectivity index (χ1) is 8.72. The summed E-state index contributed by atoms with van der Waals surface area (Å²) in [4.78, 5) is 20.1. The molecule has 1 aliphatic heterocycles. The van der Waals surface area contributed by atoms with Crippen LogP contribution in [-0.2, 0) is 16.6 Å². The highest BCUT2D eigenvalue weighted by Gasteiger charge is 2.45. The van der Waals surface area contributed by atoms with Crippen LogP contribution in [-0.4, -0.2) is 27.6 Å². The zero-order valence-corrected chi connectivity index (χ0v) is 10.3.